The second-order valence-corrected chi connectivity index (χ2v) is 4.75. The lowest BCUT2D eigenvalue weighted by atomic mass is 10.1. The van der Waals surface area contributed by atoms with Crippen LogP contribution >= 0.6 is 0 Å². The van der Waals surface area contributed by atoms with E-state index in [0.29, 0.717) is 11.1 Å². The molecule has 1 aromatic carbocycles. The Hall–Kier alpha value is -2.14. The van der Waals surface area contributed by atoms with E-state index >= 15 is 0 Å². The van der Waals surface area contributed by atoms with Crippen LogP contribution in [0.15, 0.2) is 36.7 Å². The van der Waals surface area contributed by atoms with Crippen molar-refractivity contribution in [3.05, 3.63) is 42.2 Å². The van der Waals surface area contributed by atoms with Gasteiger partial charge in [0.15, 0.2) is 0 Å². The molecule has 0 fully saturated rings. The number of hydrogen-bond acceptors (Lipinski definition) is 3. The number of carbonyl (C=O) groups excluding carboxylic acids is 1. The van der Waals surface area contributed by atoms with E-state index in [2.05, 4.69) is 15.3 Å². The number of amides is 1. The maximum atomic E-state index is 12.2. The van der Waals surface area contributed by atoms with Crippen LogP contribution in [-0.2, 0) is 0 Å². The molecule has 2 aromatic rings. The number of rotatable bonds is 3. The Morgan fingerprint density at radius 3 is 3.16 bits per heavy atom. The molecule has 3 rings (SSSR count). The van der Waals surface area contributed by atoms with Crippen molar-refractivity contribution in [3.8, 4) is 0 Å². The van der Waals surface area contributed by atoms with Crippen LogP contribution in [-0.4, -0.2) is 33.6 Å². The summed E-state index contributed by atoms with van der Waals surface area (Å²) in [6.45, 7) is 0.123. The van der Waals surface area contributed by atoms with Crippen molar-refractivity contribution in [1.82, 2.24) is 15.3 Å². The number of aliphatic hydroxyl groups is 1. The number of nitrogens with one attached hydrogen (secondary N) is 2. The molecule has 1 aromatic heterocycles. The molecule has 0 saturated heterocycles. The second kappa shape index (κ2) is 4.85. The lowest BCUT2D eigenvalue weighted by molar-refractivity contribution is 0.0942. The van der Waals surface area contributed by atoms with Crippen LogP contribution in [0.2, 0.25) is 0 Å². The molecular formula is C14H15N3O2. The molecule has 3 N–H and O–H groups in total. The lowest BCUT2D eigenvalue weighted by Gasteiger charge is -2.12. The van der Waals surface area contributed by atoms with Crippen LogP contribution in [0.4, 0.5) is 0 Å². The molecule has 1 amide bonds. The fraction of sp³-hybridized carbons (Fsp3) is 0.286. The largest absolute Gasteiger partial charge is 0.396 e. The van der Waals surface area contributed by atoms with Gasteiger partial charge in [0.25, 0.3) is 5.91 Å². The minimum absolute atomic E-state index is 0.0150. The molecule has 2 atom stereocenters. The Bertz CT molecular complexity index is 632. The number of imidazole rings is 1. The van der Waals surface area contributed by atoms with Crippen LogP contribution in [0, 0.1) is 5.92 Å². The smallest absolute Gasteiger partial charge is 0.254 e. The van der Waals surface area contributed by atoms with Crippen LogP contribution in [0.5, 0.6) is 0 Å². The van der Waals surface area contributed by atoms with Crippen molar-refractivity contribution in [2.24, 2.45) is 5.92 Å². The minimum atomic E-state index is -0.133. The van der Waals surface area contributed by atoms with E-state index in [-0.39, 0.29) is 24.5 Å². The van der Waals surface area contributed by atoms with E-state index < -0.39 is 0 Å². The molecule has 1 heterocycles. The summed E-state index contributed by atoms with van der Waals surface area (Å²) in [5.41, 5.74) is 2.10. The number of hydrogen-bond donors (Lipinski definition) is 3. The zero-order valence-corrected chi connectivity index (χ0v) is 10.3. The van der Waals surface area contributed by atoms with Crippen molar-refractivity contribution in [2.75, 3.05) is 6.61 Å². The highest BCUT2D eigenvalue weighted by Crippen LogP contribution is 2.19. The number of para-hydroxylation sites is 1. The van der Waals surface area contributed by atoms with Crippen molar-refractivity contribution in [3.63, 3.8) is 0 Å². The molecule has 0 unspecified atom stereocenters. The summed E-state index contributed by atoms with van der Waals surface area (Å²) in [7, 11) is 0. The number of aliphatic hydroxyl groups excluding tert-OH is 1. The molecule has 0 spiro atoms. The topological polar surface area (TPSA) is 78.0 Å². The van der Waals surface area contributed by atoms with E-state index in [9.17, 15) is 4.79 Å². The third-order valence-electron chi connectivity index (χ3n) is 3.42. The van der Waals surface area contributed by atoms with Crippen LogP contribution in [0.1, 0.15) is 16.8 Å². The standard InChI is InChI=1S/C14H15N3O2/c18-7-9-4-5-10(6-9)17-14(19)11-2-1-3-12-13(11)16-8-15-12/h1-5,8-10,18H,6-7H2,(H,15,16)(H,17,19)/t9-,10+/m0/s1. The predicted octanol–water partition coefficient (Wildman–Crippen LogP) is 1.23. The Kier molecular flexibility index (Phi) is 3.05. The van der Waals surface area contributed by atoms with Gasteiger partial charge in [-0.2, -0.15) is 0 Å². The summed E-state index contributed by atoms with van der Waals surface area (Å²) >= 11 is 0. The molecule has 5 heteroatoms. The van der Waals surface area contributed by atoms with Gasteiger partial charge in [0.1, 0.15) is 5.52 Å². The summed E-state index contributed by atoms with van der Waals surface area (Å²) in [6.07, 6.45) is 6.21. The minimum Gasteiger partial charge on any atom is -0.396 e. The summed E-state index contributed by atoms with van der Waals surface area (Å²) in [5.74, 6) is 0.0115. The number of aromatic nitrogens is 2. The summed E-state index contributed by atoms with van der Waals surface area (Å²) < 4.78 is 0. The van der Waals surface area contributed by atoms with E-state index in [1.54, 1.807) is 12.4 Å². The summed E-state index contributed by atoms with van der Waals surface area (Å²) in [6, 6.07) is 5.46. The number of carbonyl (C=O) groups is 1. The van der Waals surface area contributed by atoms with Gasteiger partial charge in [0, 0.05) is 18.6 Å². The summed E-state index contributed by atoms with van der Waals surface area (Å²) in [5, 5.41) is 12.0. The van der Waals surface area contributed by atoms with Gasteiger partial charge in [-0.1, -0.05) is 18.2 Å². The Balaban J connectivity index is 1.78. The zero-order chi connectivity index (χ0) is 13.2. The molecule has 5 nitrogen and oxygen atoms in total. The van der Waals surface area contributed by atoms with Gasteiger partial charge in [-0.3, -0.25) is 4.79 Å². The normalized spacial score (nSPS) is 21.9. The number of fused-ring (bicyclic) bond motifs is 1. The fourth-order valence-corrected chi connectivity index (χ4v) is 2.41. The first-order valence-corrected chi connectivity index (χ1v) is 6.30. The fourth-order valence-electron chi connectivity index (χ4n) is 2.41. The first-order valence-electron chi connectivity index (χ1n) is 6.30. The van der Waals surface area contributed by atoms with Gasteiger partial charge in [0.2, 0.25) is 0 Å². The van der Waals surface area contributed by atoms with E-state index in [4.69, 9.17) is 5.11 Å². The molecule has 1 aliphatic rings. The maximum Gasteiger partial charge on any atom is 0.254 e. The molecule has 0 aliphatic heterocycles. The highest BCUT2D eigenvalue weighted by molar-refractivity contribution is 6.04. The zero-order valence-electron chi connectivity index (χ0n) is 10.3. The SMILES string of the molecule is O=C(N[C@@H]1C=C[C@H](CO)C1)c1cccc2[nH]cnc12. The van der Waals surface area contributed by atoms with Crippen LogP contribution in [0.25, 0.3) is 11.0 Å². The number of H-pyrrole nitrogens is 1. The molecule has 98 valence electrons. The van der Waals surface area contributed by atoms with Crippen molar-refractivity contribution in [1.29, 1.82) is 0 Å². The monoisotopic (exact) mass is 257 g/mol. The summed E-state index contributed by atoms with van der Waals surface area (Å²) in [4.78, 5) is 19.4. The van der Waals surface area contributed by atoms with Crippen molar-refractivity contribution < 1.29 is 9.90 Å². The molecule has 1 aliphatic carbocycles. The van der Waals surface area contributed by atoms with Crippen molar-refractivity contribution >= 4 is 16.9 Å². The van der Waals surface area contributed by atoms with E-state index in [1.165, 1.54) is 0 Å². The van der Waals surface area contributed by atoms with Crippen molar-refractivity contribution in [2.45, 2.75) is 12.5 Å². The Labute approximate surface area is 110 Å². The molecule has 0 radical (unpaired) electrons. The third kappa shape index (κ3) is 2.24. The highest BCUT2D eigenvalue weighted by Gasteiger charge is 2.21. The first-order chi connectivity index (χ1) is 9.28. The average molecular weight is 257 g/mol. The maximum absolute atomic E-state index is 12.2. The third-order valence-corrected chi connectivity index (χ3v) is 3.42. The first kappa shape index (κ1) is 11.9. The molecular weight excluding hydrogens is 242 g/mol. The number of nitrogens with zero attached hydrogens (tertiary/aromatic N) is 1. The predicted molar refractivity (Wildman–Crippen MR) is 71.7 cm³/mol. The van der Waals surface area contributed by atoms with Gasteiger partial charge in [-0.15, -0.1) is 0 Å². The number of aromatic amines is 1. The van der Waals surface area contributed by atoms with Crippen LogP contribution in [0.3, 0.4) is 0 Å². The van der Waals surface area contributed by atoms with Gasteiger partial charge < -0.3 is 15.4 Å². The quantitative estimate of drug-likeness (QED) is 0.724. The Morgan fingerprint density at radius 1 is 1.47 bits per heavy atom. The van der Waals surface area contributed by atoms with E-state index in [1.807, 2.05) is 24.3 Å². The van der Waals surface area contributed by atoms with Gasteiger partial charge in [0.05, 0.1) is 17.4 Å². The van der Waals surface area contributed by atoms with Gasteiger partial charge >= 0.3 is 0 Å². The van der Waals surface area contributed by atoms with Gasteiger partial charge in [-0.05, 0) is 18.6 Å². The van der Waals surface area contributed by atoms with Gasteiger partial charge in [-0.25, -0.2) is 4.98 Å². The lowest BCUT2D eigenvalue weighted by Crippen LogP contribution is -2.33. The molecule has 0 bridgehead atoms. The second-order valence-electron chi connectivity index (χ2n) is 4.75. The molecule has 0 saturated carbocycles. The highest BCUT2D eigenvalue weighted by atomic mass is 16.3. The van der Waals surface area contributed by atoms with Crippen LogP contribution < -0.4 is 5.32 Å². The number of benzene rings is 1. The van der Waals surface area contributed by atoms with E-state index in [0.717, 1.165) is 11.9 Å². The Morgan fingerprint density at radius 2 is 2.37 bits per heavy atom. The average Bonchev–Trinajstić information content (AvgIpc) is 3.05. The molecule has 19 heavy (non-hydrogen) atoms.